The maximum Gasteiger partial charge on any atom is 0.274 e. The molecule has 1 aliphatic rings. The third-order valence-electron chi connectivity index (χ3n) is 5.69. The maximum absolute atomic E-state index is 13.4. The molecule has 1 aliphatic heterocycles. The van der Waals surface area contributed by atoms with E-state index in [0.717, 1.165) is 36.8 Å². The summed E-state index contributed by atoms with van der Waals surface area (Å²) in [6, 6.07) is 11.5. The average Bonchev–Trinajstić information content (AvgIpc) is 2.77. The molecule has 1 atom stereocenters. The van der Waals surface area contributed by atoms with E-state index in [0.29, 0.717) is 17.6 Å². The highest BCUT2D eigenvalue weighted by molar-refractivity contribution is 5.88. The van der Waals surface area contributed by atoms with E-state index < -0.39 is 0 Å². The van der Waals surface area contributed by atoms with Gasteiger partial charge in [-0.25, -0.2) is 4.68 Å². The van der Waals surface area contributed by atoms with Gasteiger partial charge in [0.25, 0.3) is 5.56 Å². The molecule has 0 N–H and O–H groups in total. The van der Waals surface area contributed by atoms with Gasteiger partial charge in [0.05, 0.1) is 23.5 Å². The highest BCUT2D eigenvalue weighted by Crippen LogP contribution is 2.31. The van der Waals surface area contributed by atoms with Crippen LogP contribution in [0.3, 0.4) is 0 Å². The lowest BCUT2D eigenvalue weighted by atomic mass is 9.95. The Bertz CT molecular complexity index is 1090. The number of hydrogen-bond donors (Lipinski definition) is 0. The summed E-state index contributed by atoms with van der Waals surface area (Å²) in [5.41, 5.74) is 1.65. The molecule has 3 aromatic rings. The number of carbonyl (C=O) groups is 1. The van der Waals surface area contributed by atoms with Crippen molar-refractivity contribution in [3.63, 3.8) is 0 Å². The quantitative estimate of drug-likeness (QED) is 0.650. The van der Waals surface area contributed by atoms with Crippen LogP contribution in [-0.2, 0) is 17.8 Å². The fourth-order valence-corrected chi connectivity index (χ4v) is 4.30. The Morgan fingerprint density at radius 2 is 1.93 bits per heavy atom. The van der Waals surface area contributed by atoms with Gasteiger partial charge in [-0.15, -0.1) is 0 Å². The predicted molar refractivity (Wildman–Crippen MR) is 117 cm³/mol. The number of hydrogen-bond acceptors (Lipinski definition) is 4. The van der Waals surface area contributed by atoms with Crippen LogP contribution in [0.1, 0.15) is 50.4 Å². The van der Waals surface area contributed by atoms with E-state index in [1.165, 1.54) is 4.68 Å². The van der Waals surface area contributed by atoms with Crippen molar-refractivity contribution in [3.8, 4) is 0 Å². The van der Waals surface area contributed by atoms with Gasteiger partial charge in [-0.2, -0.15) is 5.10 Å². The van der Waals surface area contributed by atoms with Crippen molar-refractivity contribution in [2.75, 3.05) is 6.54 Å². The molecular formula is C24H28N4O2. The summed E-state index contributed by atoms with van der Waals surface area (Å²) >= 11 is 0. The number of amides is 1. The highest BCUT2D eigenvalue weighted by atomic mass is 16.2. The second-order valence-electron chi connectivity index (χ2n) is 8.44. The molecule has 0 aliphatic carbocycles. The SMILES string of the molecule is CC(C)Cn1nc(CC(=O)N2CCCC[C@H]2c2cccnc2)c2ccccc2c1=O. The zero-order chi connectivity index (χ0) is 21.1. The van der Waals surface area contributed by atoms with E-state index in [1.54, 1.807) is 6.20 Å². The monoisotopic (exact) mass is 404 g/mol. The first kappa shape index (κ1) is 20.3. The molecule has 3 heterocycles. The molecule has 0 bridgehead atoms. The first-order chi connectivity index (χ1) is 14.5. The van der Waals surface area contributed by atoms with Crippen LogP contribution in [0.15, 0.2) is 53.6 Å². The highest BCUT2D eigenvalue weighted by Gasteiger charge is 2.29. The maximum atomic E-state index is 13.4. The Kier molecular flexibility index (Phi) is 5.93. The smallest absolute Gasteiger partial charge is 0.274 e. The van der Waals surface area contributed by atoms with Gasteiger partial charge in [0.2, 0.25) is 5.91 Å². The predicted octanol–water partition coefficient (Wildman–Crippen LogP) is 3.74. The average molecular weight is 405 g/mol. The third-order valence-corrected chi connectivity index (χ3v) is 5.69. The van der Waals surface area contributed by atoms with E-state index in [9.17, 15) is 9.59 Å². The topological polar surface area (TPSA) is 68.1 Å². The first-order valence-electron chi connectivity index (χ1n) is 10.7. The van der Waals surface area contributed by atoms with Crippen LogP contribution in [0.2, 0.25) is 0 Å². The summed E-state index contributed by atoms with van der Waals surface area (Å²) < 4.78 is 1.52. The van der Waals surface area contributed by atoms with Gasteiger partial charge in [-0.3, -0.25) is 14.6 Å². The van der Waals surface area contributed by atoms with Crippen LogP contribution in [0, 0.1) is 5.92 Å². The largest absolute Gasteiger partial charge is 0.335 e. The number of likely N-dealkylation sites (tertiary alicyclic amines) is 1. The van der Waals surface area contributed by atoms with Crippen molar-refractivity contribution in [1.29, 1.82) is 0 Å². The standard InChI is InChI=1S/C24H28N4O2/c1-17(2)16-28-24(30)20-10-4-3-9-19(20)21(26-28)14-23(29)27-13-6-5-11-22(27)18-8-7-12-25-15-18/h3-4,7-10,12,15,17,22H,5-6,11,13-14,16H2,1-2H3/t22-/m0/s1. The molecule has 1 saturated heterocycles. The Hall–Kier alpha value is -3.02. The van der Waals surface area contributed by atoms with Crippen molar-refractivity contribution in [1.82, 2.24) is 19.7 Å². The van der Waals surface area contributed by atoms with Crippen LogP contribution < -0.4 is 5.56 Å². The number of rotatable bonds is 5. The van der Waals surface area contributed by atoms with Gasteiger partial charge in [0.1, 0.15) is 0 Å². The molecule has 6 heteroatoms. The van der Waals surface area contributed by atoms with E-state index >= 15 is 0 Å². The third kappa shape index (κ3) is 4.13. The van der Waals surface area contributed by atoms with Crippen molar-refractivity contribution >= 4 is 16.7 Å². The lowest BCUT2D eigenvalue weighted by molar-refractivity contribution is -0.134. The fourth-order valence-electron chi connectivity index (χ4n) is 4.30. The first-order valence-corrected chi connectivity index (χ1v) is 10.7. The molecule has 1 amide bonds. The molecule has 6 nitrogen and oxygen atoms in total. The van der Waals surface area contributed by atoms with Crippen LogP contribution in [0.25, 0.3) is 10.8 Å². The second-order valence-corrected chi connectivity index (χ2v) is 8.44. The Morgan fingerprint density at radius 3 is 2.67 bits per heavy atom. The lowest BCUT2D eigenvalue weighted by Crippen LogP contribution is -2.40. The summed E-state index contributed by atoms with van der Waals surface area (Å²) in [6.07, 6.45) is 6.85. The molecule has 0 unspecified atom stereocenters. The van der Waals surface area contributed by atoms with Gasteiger partial charge in [0.15, 0.2) is 0 Å². The van der Waals surface area contributed by atoms with Crippen LogP contribution in [0.5, 0.6) is 0 Å². The van der Waals surface area contributed by atoms with Crippen LogP contribution in [0.4, 0.5) is 0 Å². The van der Waals surface area contributed by atoms with Crippen molar-refractivity contribution in [3.05, 3.63) is 70.4 Å². The van der Waals surface area contributed by atoms with Crippen molar-refractivity contribution < 1.29 is 4.79 Å². The summed E-state index contributed by atoms with van der Waals surface area (Å²) in [5, 5.41) is 6.01. The minimum absolute atomic E-state index is 0.0489. The molecule has 1 aromatic carbocycles. The molecule has 30 heavy (non-hydrogen) atoms. The van der Waals surface area contributed by atoms with E-state index in [2.05, 4.69) is 23.9 Å². The second kappa shape index (κ2) is 8.78. The number of fused-ring (bicyclic) bond motifs is 1. The molecule has 2 aromatic heterocycles. The summed E-state index contributed by atoms with van der Waals surface area (Å²) in [7, 11) is 0. The van der Waals surface area contributed by atoms with E-state index in [-0.39, 0.29) is 29.8 Å². The minimum atomic E-state index is -0.0956. The Morgan fingerprint density at radius 1 is 1.13 bits per heavy atom. The van der Waals surface area contributed by atoms with Gasteiger partial charge in [-0.1, -0.05) is 38.1 Å². The summed E-state index contributed by atoms with van der Waals surface area (Å²) in [6.45, 7) is 5.38. The zero-order valence-electron chi connectivity index (χ0n) is 17.6. The molecule has 4 rings (SSSR count). The molecule has 1 fully saturated rings. The number of aromatic nitrogens is 3. The minimum Gasteiger partial charge on any atom is -0.335 e. The number of nitrogens with zero attached hydrogens (tertiary/aromatic N) is 4. The van der Waals surface area contributed by atoms with Crippen LogP contribution in [-0.4, -0.2) is 32.1 Å². The molecule has 0 saturated carbocycles. The van der Waals surface area contributed by atoms with Gasteiger partial charge < -0.3 is 4.90 Å². The number of benzene rings is 1. The molecule has 0 radical (unpaired) electrons. The van der Waals surface area contributed by atoms with Gasteiger partial charge in [-0.05, 0) is 42.9 Å². The normalized spacial score (nSPS) is 16.9. The molecular weight excluding hydrogens is 376 g/mol. The van der Waals surface area contributed by atoms with Crippen LogP contribution >= 0.6 is 0 Å². The number of piperidine rings is 1. The Balaban J connectivity index is 1.68. The van der Waals surface area contributed by atoms with Gasteiger partial charge >= 0.3 is 0 Å². The molecule has 0 spiro atoms. The van der Waals surface area contributed by atoms with Crippen molar-refractivity contribution in [2.24, 2.45) is 5.92 Å². The lowest BCUT2D eigenvalue weighted by Gasteiger charge is -2.36. The summed E-state index contributed by atoms with van der Waals surface area (Å²) in [5.74, 6) is 0.341. The van der Waals surface area contributed by atoms with Crippen molar-refractivity contribution in [2.45, 2.75) is 52.1 Å². The summed E-state index contributed by atoms with van der Waals surface area (Å²) in [4.78, 5) is 32.4. The zero-order valence-corrected chi connectivity index (χ0v) is 17.6. The Labute approximate surface area is 176 Å². The fraction of sp³-hybridized carbons (Fsp3) is 0.417. The number of carbonyl (C=O) groups excluding carboxylic acids is 1. The number of pyridine rings is 1. The van der Waals surface area contributed by atoms with Gasteiger partial charge in [0, 0.05) is 30.9 Å². The van der Waals surface area contributed by atoms with E-state index in [1.807, 2.05) is 47.5 Å². The van der Waals surface area contributed by atoms with E-state index in [4.69, 9.17) is 0 Å². The molecule has 156 valence electrons.